The first kappa shape index (κ1) is 9.36. The Balaban J connectivity index is 2.62. The number of nitrogens with two attached hydrogens (primary N) is 1. The van der Waals surface area contributed by atoms with Crippen molar-refractivity contribution in [2.45, 2.75) is 39.5 Å². The van der Waals surface area contributed by atoms with Crippen molar-refractivity contribution in [1.29, 1.82) is 0 Å². The lowest BCUT2D eigenvalue weighted by atomic mass is 9.71. The predicted octanol–water partition coefficient (Wildman–Crippen LogP) is 1.95. The Morgan fingerprint density at radius 2 is 2.00 bits per heavy atom. The maximum Gasteiger partial charge on any atom is 0.145 e. The average Bonchev–Trinajstić information content (AvgIpc) is 2.09. The smallest absolute Gasteiger partial charge is 0.145 e. The van der Waals surface area contributed by atoms with Crippen LogP contribution in [0.4, 0.5) is 0 Å². The monoisotopic (exact) mass is 170 g/mol. The van der Waals surface area contributed by atoms with Crippen molar-refractivity contribution in [3.63, 3.8) is 0 Å². The summed E-state index contributed by atoms with van der Waals surface area (Å²) in [5, 5.41) is 11.7. The molecule has 0 aliphatic heterocycles. The molecule has 0 saturated heterocycles. The van der Waals surface area contributed by atoms with E-state index in [1.807, 2.05) is 0 Å². The van der Waals surface area contributed by atoms with Crippen LogP contribution in [-0.2, 0) is 0 Å². The molecule has 0 aromatic rings. The number of hydrogen-bond donors (Lipinski definition) is 2. The third-order valence-electron chi connectivity index (χ3n) is 3.10. The Bertz CT molecular complexity index is 181. The van der Waals surface area contributed by atoms with E-state index in [0.717, 1.165) is 18.8 Å². The maximum absolute atomic E-state index is 8.58. The van der Waals surface area contributed by atoms with Gasteiger partial charge in [-0.1, -0.05) is 19.0 Å². The molecule has 1 saturated carbocycles. The van der Waals surface area contributed by atoms with Crippen molar-refractivity contribution >= 4 is 5.84 Å². The SMILES string of the molecule is CC1CCC(C)(/C(N)=N/O)CC1. The molecule has 0 heterocycles. The van der Waals surface area contributed by atoms with Crippen LogP contribution in [0.3, 0.4) is 0 Å². The third-order valence-corrected chi connectivity index (χ3v) is 3.10. The van der Waals surface area contributed by atoms with Crippen LogP contribution in [0, 0.1) is 11.3 Å². The van der Waals surface area contributed by atoms with Gasteiger partial charge in [-0.15, -0.1) is 0 Å². The number of nitrogens with zero attached hydrogens (tertiary/aromatic N) is 1. The third kappa shape index (κ3) is 1.71. The summed E-state index contributed by atoms with van der Waals surface area (Å²) in [6.07, 6.45) is 4.47. The van der Waals surface area contributed by atoms with E-state index in [1.54, 1.807) is 0 Å². The van der Waals surface area contributed by atoms with Gasteiger partial charge >= 0.3 is 0 Å². The molecule has 0 atom stereocenters. The summed E-state index contributed by atoms with van der Waals surface area (Å²) >= 11 is 0. The van der Waals surface area contributed by atoms with Crippen molar-refractivity contribution in [1.82, 2.24) is 0 Å². The highest BCUT2D eigenvalue weighted by Gasteiger charge is 2.33. The predicted molar refractivity (Wildman–Crippen MR) is 49.1 cm³/mol. The van der Waals surface area contributed by atoms with E-state index in [2.05, 4.69) is 19.0 Å². The van der Waals surface area contributed by atoms with Crippen LogP contribution >= 0.6 is 0 Å². The van der Waals surface area contributed by atoms with Crippen molar-refractivity contribution in [3.05, 3.63) is 0 Å². The van der Waals surface area contributed by atoms with E-state index in [4.69, 9.17) is 10.9 Å². The zero-order valence-electron chi connectivity index (χ0n) is 7.88. The summed E-state index contributed by atoms with van der Waals surface area (Å²) in [5.74, 6) is 1.19. The molecule has 3 nitrogen and oxygen atoms in total. The van der Waals surface area contributed by atoms with Gasteiger partial charge in [0.2, 0.25) is 0 Å². The van der Waals surface area contributed by atoms with E-state index in [9.17, 15) is 0 Å². The second kappa shape index (κ2) is 3.33. The minimum atomic E-state index is -0.0543. The fourth-order valence-electron chi connectivity index (χ4n) is 1.78. The topological polar surface area (TPSA) is 58.6 Å². The normalized spacial score (nSPS) is 38.2. The lowest BCUT2D eigenvalue weighted by Crippen LogP contribution is -2.37. The number of oxime groups is 1. The van der Waals surface area contributed by atoms with Gasteiger partial charge in [0.05, 0.1) is 0 Å². The van der Waals surface area contributed by atoms with Gasteiger partial charge in [-0.2, -0.15) is 0 Å². The van der Waals surface area contributed by atoms with Gasteiger partial charge in [0.25, 0.3) is 0 Å². The molecule has 0 amide bonds. The molecule has 12 heavy (non-hydrogen) atoms. The summed E-state index contributed by atoms with van der Waals surface area (Å²) in [4.78, 5) is 0. The molecule has 0 bridgehead atoms. The van der Waals surface area contributed by atoms with Crippen molar-refractivity contribution in [2.75, 3.05) is 0 Å². The molecule has 3 heteroatoms. The highest BCUT2D eigenvalue weighted by atomic mass is 16.4. The van der Waals surface area contributed by atoms with Gasteiger partial charge in [0.1, 0.15) is 5.84 Å². The zero-order chi connectivity index (χ0) is 9.19. The van der Waals surface area contributed by atoms with E-state index in [0.29, 0.717) is 5.84 Å². The summed E-state index contributed by atoms with van der Waals surface area (Å²) in [7, 11) is 0. The van der Waals surface area contributed by atoms with Gasteiger partial charge in [-0.25, -0.2) is 0 Å². The molecule has 1 aliphatic rings. The van der Waals surface area contributed by atoms with Crippen LogP contribution < -0.4 is 5.73 Å². The molecule has 0 aromatic carbocycles. The molecule has 0 spiro atoms. The second-order valence-corrected chi connectivity index (χ2v) is 4.23. The fourth-order valence-corrected chi connectivity index (χ4v) is 1.78. The number of amidine groups is 1. The molecule has 1 aliphatic carbocycles. The Labute approximate surface area is 73.6 Å². The molecule has 70 valence electrons. The first-order valence-corrected chi connectivity index (χ1v) is 4.56. The van der Waals surface area contributed by atoms with Crippen LogP contribution in [-0.4, -0.2) is 11.0 Å². The standard InChI is InChI=1S/C9H18N2O/c1-7-3-5-9(2,6-4-7)8(10)11-12/h7,12H,3-6H2,1-2H3,(H2,10,11). The molecule has 0 radical (unpaired) electrons. The van der Waals surface area contributed by atoms with Crippen LogP contribution in [0.1, 0.15) is 39.5 Å². The first-order chi connectivity index (χ1) is 5.58. The van der Waals surface area contributed by atoms with Crippen LogP contribution in [0.25, 0.3) is 0 Å². The van der Waals surface area contributed by atoms with Gasteiger partial charge in [0, 0.05) is 5.41 Å². The fraction of sp³-hybridized carbons (Fsp3) is 0.889. The van der Waals surface area contributed by atoms with Gasteiger partial charge < -0.3 is 10.9 Å². The van der Waals surface area contributed by atoms with Crippen LogP contribution in [0.2, 0.25) is 0 Å². The average molecular weight is 170 g/mol. The molecule has 0 aromatic heterocycles. The van der Waals surface area contributed by atoms with E-state index < -0.39 is 0 Å². The molecule has 1 fully saturated rings. The minimum Gasteiger partial charge on any atom is -0.409 e. The van der Waals surface area contributed by atoms with Crippen LogP contribution in [0.15, 0.2) is 5.16 Å². The van der Waals surface area contributed by atoms with Gasteiger partial charge in [0.15, 0.2) is 0 Å². The van der Waals surface area contributed by atoms with Gasteiger partial charge in [-0.3, -0.25) is 0 Å². The van der Waals surface area contributed by atoms with Crippen molar-refractivity contribution < 1.29 is 5.21 Å². The van der Waals surface area contributed by atoms with Crippen molar-refractivity contribution in [2.24, 2.45) is 22.2 Å². The van der Waals surface area contributed by atoms with Gasteiger partial charge in [-0.05, 0) is 31.6 Å². The van der Waals surface area contributed by atoms with Crippen molar-refractivity contribution in [3.8, 4) is 0 Å². The molecule has 1 rings (SSSR count). The molecule has 3 N–H and O–H groups in total. The van der Waals surface area contributed by atoms with Crippen LogP contribution in [0.5, 0.6) is 0 Å². The number of hydrogen-bond acceptors (Lipinski definition) is 2. The summed E-state index contributed by atoms with van der Waals surface area (Å²) in [5.41, 5.74) is 5.57. The lowest BCUT2D eigenvalue weighted by molar-refractivity contribution is 0.237. The molecular weight excluding hydrogens is 152 g/mol. The minimum absolute atomic E-state index is 0.0543. The second-order valence-electron chi connectivity index (χ2n) is 4.23. The highest BCUT2D eigenvalue weighted by molar-refractivity contribution is 5.85. The molecular formula is C9H18N2O. The summed E-state index contributed by atoms with van der Waals surface area (Å²) in [6, 6.07) is 0. The number of rotatable bonds is 1. The first-order valence-electron chi connectivity index (χ1n) is 4.56. The van der Waals surface area contributed by atoms with E-state index >= 15 is 0 Å². The Morgan fingerprint density at radius 1 is 1.50 bits per heavy atom. The molecule has 0 unspecified atom stereocenters. The van der Waals surface area contributed by atoms with E-state index in [1.165, 1.54) is 12.8 Å². The summed E-state index contributed by atoms with van der Waals surface area (Å²) in [6.45, 7) is 4.33. The van der Waals surface area contributed by atoms with E-state index in [-0.39, 0.29) is 5.41 Å². The quantitative estimate of drug-likeness (QED) is 0.273. The highest BCUT2D eigenvalue weighted by Crippen LogP contribution is 2.38. The zero-order valence-corrected chi connectivity index (χ0v) is 7.88. The Hall–Kier alpha value is -0.730. The summed E-state index contributed by atoms with van der Waals surface area (Å²) < 4.78 is 0. The largest absolute Gasteiger partial charge is 0.409 e. The lowest BCUT2D eigenvalue weighted by Gasteiger charge is -2.34. The Morgan fingerprint density at radius 3 is 2.42 bits per heavy atom. The Kier molecular flexibility index (Phi) is 2.60. The maximum atomic E-state index is 8.58.